The van der Waals surface area contributed by atoms with E-state index in [1.165, 1.54) is 0 Å². The molecule has 1 aromatic rings. The number of hydrogen-bond acceptors (Lipinski definition) is 2. The maximum atomic E-state index is 13.2. The molecule has 0 heterocycles. The second kappa shape index (κ2) is 4.10. The number of nitrogens with two attached hydrogens (primary N) is 1. The van der Waals surface area contributed by atoms with Gasteiger partial charge in [0, 0.05) is 0 Å². The van der Waals surface area contributed by atoms with Crippen LogP contribution in [0, 0.1) is 17.1 Å². The molecule has 14 heavy (non-hydrogen) atoms. The van der Waals surface area contributed by atoms with Gasteiger partial charge >= 0.3 is 0 Å². The molecule has 0 saturated carbocycles. The number of hydrogen-bond donors (Lipinski definition) is 1. The van der Waals surface area contributed by atoms with Crippen LogP contribution >= 0.6 is 0 Å². The van der Waals surface area contributed by atoms with E-state index in [2.05, 4.69) is 0 Å². The SMILES string of the molecule is CCC(C)c1cc(N)c(F)c(C#N)c1. The molecule has 0 aliphatic carbocycles. The molecule has 0 saturated heterocycles. The van der Waals surface area contributed by atoms with Crippen molar-refractivity contribution >= 4 is 5.69 Å². The quantitative estimate of drug-likeness (QED) is 0.732. The molecular weight excluding hydrogens is 179 g/mol. The van der Waals surface area contributed by atoms with Crippen LogP contribution in [0.4, 0.5) is 10.1 Å². The first kappa shape index (κ1) is 10.5. The first-order valence-corrected chi connectivity index (χ1v) is 4.59. The Balaban J connectivity index is 3.24. The van der Waals surface area contributed by atoms with Gasteiger partial charge in [-0.3, -0.25) is 0 Å². The van der Waals surface area contributed by atoms with Gasteiger partial charge in [-0.25, -0.2) is 4.39 Å². The van der Waals surface area contributed by atoms with Crippen LogP contribution in [0.2, 0.25) is 0 Å². The minimum Gasteiger partial charge on any atom is -0.396 e. The van der Waals surface area contributed by atoms with E-state index < -0.39 is 5.82 Å². The van der Waals surface area contributed by atoms with Crippen molar-refractivity contribution in [3.05, 3.63) is 29.1 Å². The summed E-state index contributed by atoms with van der Waals surface area (Å²) in [6.45, 7) is 4.06. The zero-order valence-corrected chi connectivity index (χ0v) is 8.34. The Morgan fingerprint density at radius 2 is 2.21 bits per heavy atom. The fraction of sp³-hybridized carbons (Fsp3) is 0.364. The van der Waals surface area contributed by atoms with Gasteiger partial charge in [0.05, 0.1) is 11.3 Å². The molecule has 1 rings (SSSR count). The molecule has 0 aliphatic heterocycles. The van der Waals surface area contributed by atoms with Crippen molar-refractivity contribution in [2.45, 2.75) is 26.2 Å². The predicted molar refractivity (Wildman–Crippen MR) is 54.2 cm³/mol. The van der Waals surface area contributed by atoms with Gasteiger partial charge in [0.2, 0.25) is 0 Å². The lowest BCUT2D eigenvalue weighted by Gasteiger charge is -2.10. The van der Waals surface area contributed by atoms with Crippen molar-refractivity contribution < 1.29 is 4.39 Å². The van der Waals surface area contributed by atoms with Gasteiger partial charge < -0.3 is 5.73 Å². The normalized spacial score (nSPS) is 12.1. The number of halogens is 1. The summed E-state index contributed by atoms with van der Waals surface area (Å²) in [6, 6.07) is 4.97. The number of benzene rings is 1. The van der Waals surface area contributed by atoms with Gasteiger partial charge in [-0.2, -0.15) is 5.26 Å². The average molecular weight is 192 g/mol. The largest absolute Gasteiger partial charge is 0.396 e. The molecule has 1 atom stereocenters. The Hall–Kier alpha value is -1.56. The monoisotopic (exact) mass is 192 g/mol. The third kappa shape index (κ3) is 1.85. The molecule has 74 valence electrons. The first-order chi connectivity index (χ1) is 6.60. The van der Waals surface area contributed by atoms with Crippen LogP contribution in [0.25, 0.3) is 0 Å². The summed E-state index contributed by atoms with van der Waals surface area (Å²) in [5.41, 5.74) is 6.47. The summed E-state index contributed by atoms with van der Waals surface area (Å²) >= 11 is 0. The van der Waals surface area contributed by atoms with Crippen molar-refractivity contribution in [3.63, 3.8) is 0 Å². The van der Waals surface area contributed by atoms with Crippen LogP contribution in [-0.2, 0) is 0 Å². The van der Waals surface area contributed by atoms with Gasteiger partial charge in [-0.05, 0) is 30.0 Å². The van der Waals surface area contributed by atoms with E-state index in [1.807, 2.05) is 13.8 Å². The van der Waals surface area contributed by atoms with Crippen molar-refractivity contribution in [3.8, 4) is 6.07 Å². The van der Waals surface area contributed by atoms with E-state index in [4.69, 9.17) is 11.0 Å². The molecule has 2 nitrogen and oxygen atoms in total. The fourth-order valence-corrected chi connectivity index (χ4v) is 1.27. The molecule has 0 aliphatic rings. The minimum absolute atomic E-state index is 0.0281. The molecule has 0 radical (unpaired) electrons. The number of rotatable bonds is 2. The third-order valence-electron chi connectivity index (χ3n) is 2.42. The van der Waals surface area contributed by atoms with Gasteiger partial charge in [-0.15, -0.1) is 0 Å². The Labute approximate surface area is 83.2 Å². The van der Waals surface area contributed by atoms with Gasteiger partial charge in [-0.1, -0.05) is 13.8 Å². The van der Waals surface area contributed by atoms with E-state index in [9.17, 15) is 4.39 Å². The Kier molecular flexibility index (Phi) is 3.08. The lowest BCUT2D eigenvalue weighted by Crippen LogP contribution is -1.99. The smallest absolute Gasteiger partial charge is 0.163 e. The van der Waals surface area contributed by atoms with Crippen LogP contribution < -0.4 is 5.73 Å². The lowest BCUT2D eigenvalue weighted by molar-refractivity contribution is 0.625. The Bertz CT molecular complexity index is 380. The third-order valence-corrected chi connectivity index (χ3v) is 2.42. The number of anilines is 1. The molecule has 0 fully saturated rings. The highest BCUT2D eigenvalue weighted by Crippen LogP contribution is 2.25. The summed E-state index contributed by atoms with van der Waals surface area (Å²) < 4.78 is 13.2. The number of nitriles is 1. The summed E-state index contributed by atoms with van der Waals surface area (Å²) in [4.78, 5) is 0. The second-order valence-electron chi connectivity index (χ2n) is 3.39. The Morgan fingerprint density at radius 1 is 1.57 bits per heavy atom. The van der Waals surface area contributed by atoms with E-state index in [1.54, 1.807) is 18.2 Å². The predicted octanol–water partition coefficient (Wildman–Crippen LogP) is 2.79. The highest BCUT2D eigenvalue weighted by atomic mass is 19.1. The molecule has 0 amide bonds. The van der Waals surface area contributed by atoms with Crippen LogP contribution in [0.3, 0.4) is 0 Å². The number of nitrogens with zero attached hydrogens (tertiary/aromatic N) is 1. The van der Waals surface area contributed by atoms with Crippen molar-refractivity contribution in [2.24, 2.45) is 0 Å². The second-order valence-corrected chi connectivity index (χ2v) is 3.39. The first-order valence-electron chi connectivity index (χ1n) is 4.59. The molecule has 0 spiro atoms. The lowest BCUT2D eigenvalue weighted by atomic mass is 9.96. The van der Waals surface area contributed by atoms with E-state index in [-0.39, 0.29) is 11.3 Å². The van der Waals surface area contributed by atoms with Crippen LogP contribution in [0.5, 0.6) is 0 Å². The Morgan fingerprint density at radius 3 is 2.71 bits per heavy atom. The highest BCUT2D eigenvalue weighted by molar-refractivity contribution is 5.51. The van der Waals surface area contributed by atoms with Crippen LogP contribution in [-0.4, -0.2) is 0 Å². The molecular formula is C11H13FN2. The molecule has 1 unspecified atom stereocenters. The minimum atomic E-state index is -0.612. The molecule has 1 aromatic carbocycles. The summed E-state index contributed by atoms with van der Waals surface area (Å²) in [7, 11) is 0. The average Bonchev–Trinajstić information content (AvgIpc) is 2.20. The van der Waals surface area contributed by atoms with Crippen molar-refractivity contribution in [1.29, 1.82) is 5.26 Å². The van der Waals surface area contributed by atoms with Gasteiger partial charge in [0.1, 0.15) is 6.07 Å². The van der Waals surface area contributed by atoms with Gasteiger partial charge in [0.15, 0.2) is 5.82 Å². The number of nitrogen functional groups attached to an aromatic ring is 1. The molecule has 0 aromatic heterocycles. The summed E-state index contributed by atoms with van der Waals surface area (Å²) in [6.07, 6.45) is 0.940. The van der Waals surface area contributed by atoms with Crippen molar-refractivity contribution in [2.75, 3.05) is 5.73 Å². The van der Waals surface area contributed by atoms with Crippen molar-refractivity contribution in [1.82, 2.24) is 0 Å². The summed E-state index contributed by atoms with van der Waals surface area (Å²) in [5.74, 6) is -0.315. The fourth-order valence-electron chi connectivity index (χ4n) is 1.27. The van der Waals surface area contributed by atoms with E-state index in [0.717, 1.165) is 12.0 Å². The topological polar surface area (TPSA) is 49.8 Å². The molecule has 0 bridgehead atoms. The molecule has 2 N–H and O–H groups in total. The standard InChI is InChI=1S/C11H13FN2/c1-3-7(2)8-4-9(6-13)11(12)10(14)5-8/h4-5,7H,3,14H2,1-2H3. The van der Waals surface area contributed by atoms with E-state index in [0.29, 0.717) is 5.92 Å². The zero-order chi connectivity index (χ0) is 10.7. The summed E-state index contributed by atoms with van der Waals surface area (Å²) in [5, 5.41) is 8.68. The van der Waals surface area contributed by atoms with E-state index >= 15 is 0 Å². The maximum absolute atomic E-state index is 13.2. The van der Waals surface area contributed by atoms with Crippen LogP contribution in [0.1, 0.15) is 37.3 Å². The van der Waals surface area contributed by atoms with Crippen LogP contribution in [0.15, 0.2) is 12.1 Å². The van der Waals surface area contributed by atoms with Gasteiger partial charge in [0.25, 0.3) is 0 Å². The maximum Gasteiger partial charge on any atom is 0.163 e. The highest BCUT2D eigenvalue weighted by Gasteiger charge is 2.11. The zero-order valence-electron chi connectivity index (χ0n) is 8.34. The molecule has 3 heteroatoms.